The van der Waals surface area contributed by atoms with Gasteiger partial charge in [0.1, 0.15) is 6.10 Å². The summed E-state index contributed by atoms with van der Waals surface area (Å²) in [5.74, 6) is -1.62. The standard InChI is InChI=1S/C10H17NO5S/c1-10(2)15-4-7(16-10)3-11-8(12)5-17-6-9(13)14/h7H,3-6H2,1-2H3,(H,11,12)(H,13,14). The molecule has 17 heavy (non-hydrogen) atoms. The van der Waals surface area contributed by atoms with Crippen LogP contribution in [0.15, 0.2) is 0 Å². The van der Waals surface area contributed by atoms with E-state index in [1.54, 1.807) is 0 Å². The van der Waals surface area contributed by atoms with E-state index in [0.717, 1.165) is 11.8 Å². The summed E-state index contributed by atoms with van der Waals surface area (Å²) in [5, 5.41) is 11.1. The number of hydrogen-bond donors (Lipinski definition) is 2. The number of carboxylic acids is 1. The summed E-state index contributed by atoms with van der Waals surface area (Å²) in [6.45, 7) is 4.47. The van der Waals surface area contributed by atoms with Gasteiger partial charge < -0.3 is 19.9 Å². The molecular weight excluding hydrogens is 246 g/mol. The molecular formula is C10H17NO5S. The second-order valence-electron chi connectivity index (χ2n) is 4.14. The second-order valence-corrected chi connectivity index (χ2v) is 5.13. The zero-order valence-corrected chi connectivity index (χ0v) is 10.7. The Kier molecular flexibility index (Phi) is 5.23. The van der Waals surface area contributed by atoms with E-state index in [0.29, 0.717) is 13.2 Å². The molecule has 1 saturated heterocycles. The van der Waals surface area contributed by atoms with Crippen molar-refractivity contribution in [1.29, 1.82) is 0 Å². The van der Waals surface area contributed by atoms with E-state index < -0.39 is 11.8 Å². The van der Waals surface area contributed by atoms with Gasteiger partial charge in [0.2, 0.25) is 5.91 Å². The molecule has 1 amide bonds. The van der Waals surface area contributed by atoms with Gasteiger partial charge in [-0.05, 0) is 13.8 Å². The summed E-state index contributed by atoms with van der Waals surface area (Å²) in [4.78, 5) is 21.6. The Morgan fingerprint density at radius 3 is 2.71 bits per heavy atom. The van der Waals surface area contributed by atoms with Gasteiger partial charge in [-0.2, -0.15) is 0 Å². The molecule has 1 heterocycles. The largest absolute Gasteiger partial charge is 0.481 e. The highest BCUT2D eigenvalue weighted by molar-refractivity contribution is 8.00. The van der Waals surface area contributed by atoms with Crippen LogP contribution in [0.4, 0.5) is 0 Å². The topological polar surface area (TPSA) is 84.9 Å². The van der Waals surface area contributed by atoms with Crippen LogP contribution in [0.2, 0.25) is 0 Å². The summed E-state index contributed by atoms with van der Waals surface area (Å²) in [7, 11) is 0. The first-order chi connectivity index (χ1) is 7.89. The summed E-state index contributed by atoms with van der Waals surface area (Å²) in [6.07, 6.45) is -0.140. The Morgan fingerprint density at radius 2 is 2.18 bits per heavy atom. The number of amides is 1. The molecule has 1 aliphatic rings. The van der Waals surface area contributed by atoms with Gasteiger partial charge in [-0.15, -0.1) is 11.8 Å². The van der Waals surface area contributed by atoms with Crippen molar-refractivity contribution in [3.05, 3.63) is 0 Å². The summed E-state index contributed by atoms with van der Waals surface area (Å²) >= 11 is 1.07. The van der Waals surface area contributed by atoms with E-state index in [1.165, 1.54) is 0 Å². The van der Waals surface area contributed by atoms with Crippen molar-refractivity contribution in [2.75, 3.05) is 24.7 Å². The molecule has 6 nitrogen and oxygen atoms in total. The van der Waals surface area contributed by atoms with E-state index in [2.05, 4.69) is 5.32 Å². The average molecular weight is 263 g/mol. The summed E-state index contributed by atoms with van der Waals surface area (Å²) in [5.41, 5.74) is 0. The SMILES string of the molecule is CC1(C)OCC(CNC(=O)CSCC(=O)O)O1. The van der Waals surface area contributed by atoms with Crippen LogP contribution < -0.4 is 5.32 Å². The van der Waals surface area contributed by atoms with Gasteiger partial charge in [0.25, 0.3) is 0 Å². The van der Waals surface area contributed by atoms with Crippen molar-refractivity contribution in [2.45, 2.75) is 25.7 Å². The highest BCUT2D eigenvalue weighted by Gasteiger charge is 2.32. The number of rotatable bonds is 6. The Balaban J connectivity index is 2.10. The van der Waals surface area contributed by atoms with Crippen molar-refractivity contribution in [3.8, 4) is 0 Å². The number of carboxylic acid groups (broad SMARTS) is 1. The minimum atomic E-state index is -0.919. The minimum absolute atomic E-state index is 0.0660. The molecule has 0 aliphatic carbocycles. The molecule has 0 aromatic carbocycles. The van der Waals surface area contributed by atoms with E-state index >= 15 is 0 Å². The molecule has 0 radical (unpaired) electrons. The Bertz CT molecular complexity index is 294. The number of aliphatic carboxylic acids is 1. The fourth-order valence-corrected chi connectivity index (χ4v) is 1.94. The van der Waals surface area contributed by atoms with E-state index in [4.69, 9.17) is 14.6 Å². The number of carbonyl (C=O) groups is 2. The fraction of sp³-hybridized carbons (Fsp3) is 0.800. The summed E-state index contributed by atoms with van der Waals surface area (Å²) in [6, 6.07) is 0. The maximum absolute atomic E-state index is 11.3. The maximum Gasteiger partial charge on any atom is 0.313 e. The highest BCUT2D eigenvalue weighted by atomic mass is 32.2. The molecule has 1 fully saturated rings. The molecule has 0 aromatic rings. The number of thioether (sulfide) groups is 1. The Morgan fingerprint density at radius 1 is 1.47 bits per heavy atom. The predicted molar refractivity (Wildman–Crippen MR) is 62.9 cm³/mol. The van der Waals surface area contributed by atoms with Gasteiger partial charge >= 0.3 is 5.97 Å². The normalized spacial score (nSPS) is 22.4. The lowest BCUT2D eigenvalue weighted by Crippen LogP contribution is -2.35. The molecule has 7 heteroatoms. The average Bonchev–Trinajstić information content (AvgIpc) is 2.55. The first-order valence-electron chi connectivity index (χ1n) is 5.27. The maximum atomic E-state index is 11.3. The lowest BCUT2D eigenvalue weighted by molar-refractivity contribution is -0.139. The van der Waals surface area contributed by atoms with Crippen LogP contribution in [0, 0.1) is 0 Å². The third-order valence-corrected chi connectivity index (χ3v) is 2.97. The molecule has 98 valence electrons. The monoisotopic (exact) mass is 263 g/mol. The van der Waals surface area contributed by atoms with Gasteiger partial charge in [0.05, 0.1) is 18.1 Å². The first-order valence-corrected chi connectivity index (χ1v) is 6.42. The van der Waals surface area contributed by atoms with Crippen LogP contribution in [-0.4, -0.2) is 53.5 Å². The third-order valence-electron chi connectivity index (χ3n) is 2.05. The molecule has 1 aliphatic heterocycles. The highest BCUT2D eigenvalue weighted by Crippen LogP contribution is 2.21. The first kappa shape index (κ1) is 14.3. The van der Waals surface area contributed by atoms with Gasteiger partial charge in [-0.3, -0.25) is 9.59 Å². The molecule has 0 spiro atoms. The Hall–Kier alpha value is -0.790. The fourth-order valence-electron chi connectivity index (χ4n) is 1.37. The molecule has 0 bridgehead atoms. The van der Waals surface area contributed by atoms with Gasteiger partial charge in [0.15, 0.2) is 5.79 Å². The molecule has 0 aromatic heterocycles. The van der Waals surface area contributed by atoms with Crippen LogP contribution >= 0.6 is 11.8 Å². The number of ether oxygens (including phenoxy) is 2. The van der Waals surface area contributed by atoms with E-state index in [1.807, 2.05) is 13.8 Å². The number of carbonyl (C=O) groups excluding carboxylic acids is 1. The molecule has 0 saturated carbocycles. The van der Waals surface area contributed by atoms with Crippen LogP contribution in [0.25, 0.3) is 0 Å². The summed E-state index contributed by atoms with van der Waals surface area (Å²) < 4.78 is 10.8. The Labute approximate surface area is 104 Å². The molecule has 1 atom stereocenters. The molecule has 1 rings (SSSR count). The van der Waals surface area contributed by atoms with Gasteiger partial charge in [0, 0.05) is 6.54 Å². The van der Waals surface area contributed by atoms with Crippen LogP contribution in [0.1, 0.15) is 13.8 Å². The number of nitrogens with one attached hydrogen (secondary N) is 1. The number of hydrogen-bond acceptors (Lipinski definition) is 5. The zero-order valence-electron chi connectivity index (χ0n) is 9.89. The smallest absolute Gasteiger partial charge is 0.313 e. The van der Waals surface area contributed by atoms with Crippen molar-refractivity contribution < 1.29 is 24.2 Å². The van der Waals surface area contributed by atoms with Crippen molar-refractivity contribution in [2.24, 2.45) is 0 Å². The van der Waals surface area contributed by atoms with E-state index in [-0.39, 0.29) is 23.5 Å². The molecule has 2 N–H and O–H groups in total. The quantitative estimate of drug-likeness (QED) is 0.705. The van der Waals surface area contributed by atoms with Gasteiger partial charge in [-0.25, -0.2) is 0 Å². The van der Waals surface area contributed by atoms with Crippen LogP contribution in [-0.2, 0) is 19.1 Å². The van der Waals surface area contributed by atoms with E-state index in [9.17, 15) is 9.59 Å². The lowest BCUT2D eigenvalue weighted by Gasteiger charge is -2.17. The lowest BCUT2D eigenvalue weighted by atomic mass is 10.3. The van der Waals surface area contributed by atoms with Gasteiger partial charge in [-0.1, -0.05) is 0 Å². The molecule has 1 unspecified atom stereocenters. The van der Waals surface area contributed by atoms with Crippen LogP contribution in [0.5, 0.6) is 0 Å². The van der Waals surface area contributed by atoms with Crippen molar-refractivity contribution >= 4 is 23.6 Å². The zero-order chi connectivity index (χ0) is 12.9. The van der Waals surface area contributed by atoms with Crippen LogP contribution in [0.3, 0.4) is 0 Å². The van der Waals surface area contributed by atoms with Crippen molar-refractivity contribution in [3.63, 3.8) is 0 Å². The third kappa shape index (κ3) is 5.90. The predicted octanol–water partition coefficient (Wildman–Crippen LogP) is 0.0719. The second kappa shape index (κ2) is 6.23. The van der Waals surface area contributed by atoms with Crippen molar-refractivity contribution in [1.82, 2.24) is 5.32 Å². The minimum Gasteiger partial charge on any atom is -0.481 e.